The molecule has 0 saturated carbocycles. The van der Waals surface area contributed by atoms with Crippen molar-refractivity contribution in [3.8, 4) is 0 Å². The maximum absolute atomic E-state index is 10.5. The highest BCUT2D eigenvalue weighted by Crippen LogP contribution is 2.11. The van der Waals surface area contributed by atoms with Crippen LogP contribution in [0.1, 0.15) is 5.56 Å². The summed E-state index contributed by atoms with van der Waals surface area (Å²) in [5, 5.41) is 22.9. The standard InChI is InChI=1S/C12H18N2O4/c1-18-9-12(15)8-13-7-6-10-2-4-11(5-3-10)14(16)17/h2-5,12-13,15H,6-9H2,1H3. The summed E-state index contributed by atoms with van der Waals surface area (Å²) in [6, 6.07) is 6.47. The third-order valence-corrected chi connectivity index (χ3v) is 2.48. The average Bonchev–Trinajstić information content (AvgIpc) is 2.35. The Morgan fingerprint density at radius 1 is 1.44 bits per heavy atom. The van der Waals surface area contributed by atoms with Gasteiger partial charge < -0.3 is 15.2 Å². The molecule has 1 aromatic carbocycles. The number of hydrogen-bond acceptors (Lipinski definition) is 5. The minimum Gasteiger partial charge on any atom is -0.389 e. The molecule has 1 atom stereocenters. The molecule has 0 bridgehead atoms. The second-order valence-corrected chi connectivity index (χ2v) is 3.99. The van der Waals surface area contributed by atoms with E-state index in [1.54, 1.807) is 19.2 Å². The first-order chi connectivity index (χ1) is 8.63. The van der Waals surface area contributed by atoms with Crippen LogP contribution in [0.5, 0.6) is 0 Å². The number of hydrogen-bond donors (Lipinski definition) is 2. The van der Waals surface area contributed by atoms with Crippen molar-refractivity contribution >= 4 is 5.69 Å². The zero-order valence-electron chi connectivity index (χ0n) is 10.3. The van der Waals surface area contributed by atoms with E-state index in [2.05, 4.69) is 5.32 Å². The number of nitro benzene ring substituents is 1. The number of nitro groups is 1. The van der Waals surface area contributed by atoms with E-state index in [9.17, 15) is 15.2 Å². The molecular weight excluding hydrogens is 236 g/mol. The average molecular weight is 254 g/mol. The zero-order chi connectivity index (χ0) is 13.4. The van der Waals surface area contributed by atoms with Crippen LogP contribution in [0.4, 0.5) is 5.69 Å². The van der Waals surface area contributed by atoms with Gasteiger partial charge in [-0.3, -0.25) is 10.1 Å². The molecule has 0 saturated heterocycles. The van der Waals surface area contributed by atoms with E-state index in [1.807, 2.05) is 0 Å². The lowest BCUT2D eigenvalue weighted by Gasteiger charge is -2.10. The quantitative estimate of drug-likeness (QED) is 0.406. The van der Waals surface area contributed by atoms with Crippen molar-refractivity contribution in [1.29, 1.82) is 0 Å². The molecule has 0 spiro atoms. The van der Waals surface area contributed by atoms with E-state index >= 15 is 0 Å². The van der Waals surface area contributed by atoms with Gasteiger partial charge in [-0.1, -0.05) is 12.1 Å². The van der Waals surface area contributed by atoms with E-state index in [4.69, 9.17) is 4.74 Å². The maximum atomic E-state index is 10.5. The Kier molecular flexibility index (Phi) is 6.27. The summed E-state index contributed by atoms with van der Waals surface area (Å²) >= 11 is 0. The first-order valence-corrected chi connectivity index (χ1v) is 5.74. The van der Waals surface area contributed by atoms with Gasteiger partial charge in [0.2, 0.25) is 0 Å². The Bertz CT molecular complexity index is 367. The molecule has 18 heavy (non-hydrogen) atoms. The fourth-order valence-electron chi connectivity index (χ4n) is 1.54. The highest BCUT2D eigenvalue weighted by molar-refractivity contribution is 5.32. The van der Waals surface area contributed by atoms with E-state index in [0.717, 1.165) is 12.0 Å². The summed E-state index contributed by atoms with van der Waals surface area (Å²) in [7, 11) is 1.54. The summed E-state index contributed by atoms with van der Waals surface area (Å²) in [6.07, 6.45) is 0.254. The maximum Gasteiger partial charge on any atom is 0.269 e. The minimum atomic E-state index is -0.508. The summed E-state index contributed by atoms with van der Waals surface area (Å²) in [5.41, 5.74) is 1.12. The van der Waals surface area contributed by atoms with Crippen LogP contribution < -0.4 is 5.32 Å². The van der Waals surface area contributed by atoms with Crippen molar-refractivity contribution in [3.05, 3.63) is 39.9 Å². The van der Waals surface area contributed by atoms with E-state index < -0.39 is 11.0 Å². The van der Waals surface area contributed by atoms with E-state index in [0.29, 0.717) is 19.7 Å². The topological polar surface area (TPSA) is 84.6 Å². The molecule has 0 aliphatic rings. The van der Waals surface area contributed by atoms with Crippen LogP contribution in [0.25, 0.3) is 0 Å². The normalized spacial score (nSPS) is 12.3. The minimum absolute atomic E-state index is 0.0993. The fraction of sp³-hybridized carbons (Fsp3) is 0.500. The Morgan fingerprint density at radius 3 is 2.67 bits per heavy atom. The Labute approximate surface area is 106 Å². The molecule has 0 aromatic heterocycles. The number of non-ortho nitro benzene ring substituents is 1. The van der Waals surface area contributed by atoms with Crippen molar-refractivity contribution < 1.29 is 14.8 Å². The number of nitrogens with one attached hydrogen (secondary N) is 1. The molecule has 1 rings (SSSR count). The van der Waals surface area contributed by atoms with Crippen LogP contribution >= 0.6 is 0 Å². The number of rotatable bonds is 8. The molecule has 0 aliphatic heterocycles. The lowest BCUT2D eigenvalue weighted by atomic mass is 10.1. The third kappa shape index (κ3) is 5.22. The third-order valence-electron chi connectivity index (χ3n) is 2.48. The van der Waals surface area contributed by atoms with Crippen molar-refractivity contribution in [2.45, 2.75) is 12.5 Å². The second kappa shape index (κ2) is 7.75. The van der Waals surface area contributed by atoms with Gasteiger partial charge in [-0.25, -0.2) is 0 Å². The molecule has 0 heterocycles. The van der Waals surface area contributed by atoms with Gasteiger partial charge in [0, 0.05) is 25.8 Å². The van der Waals surface area contributed by atoms with Gasteiger partial charge in [0.15, 0.2) is 0 Å². The van der Waals surface area contributed by atoms with Crippen LogP contribution in [0.2, 0.25) is 0 Å². The Hall–Kier alpha value is -1.50. The smallest absolute Gasteiger partial charge is 0.269 e. The van der Waals surface area contributed by atoms with Crippen molar-refractivity contribution in [3.63, 3.8) is 0 Å². The van der Waals surface area contributed by atoms with Crippen molar-refractivity contribution in [1.82, 2.24) is 5.32 Å². The van der Waals surface area contributed by atoms with Gasteiger partial charge in [-0.05, 0) is 18.5 Å². The number of methoxy groups -OCH3 is 1. The largest absolute Gasteiger partial charge is 0.389 e. The number of aliphatic hydroxyl groups is 1. The molecule has 0 amide bonds. The molecule has 0 radical (unpaired) electrons. The monoisotopic (exact) mass is 254 g/mol. The molecule has 0 fully saturated rings. The van der Waals surface area contributed by atoms with Gasteiger partial charge in [0.05, 0.1) is 17.6 Å². The van der Waals surface area contributed by atoms with Crippen LogP contribution in [0.15, 0.2) is 24.3 Å². The summed E-state index contributed by atoms with van der Waals surface area (Å²) in [5.74, 6) is 0. The van der Waals surface area contributed by atoms with Gasteiger partial charge in [-0.15, -0.1) is 0 Å². The second-order valence-electron chi connectivity index (χ2n) is 3.99. The van der Waals surface area contributed by atoms with Gasteiger partial charge in [0.25, 0.3) is 5.69 Å². The van der Waals surface area contributed by atoms with Crippen molar-refractivity contribution in [2.75, 3.05) is 26.8 Å². The molecule has 6 nitrogen and oxygen atoms in total. The molecule has 2 N–H and O–H groups in total. The van der Waals surface area contributed by atoms with E-state index in [-0.39, 0.29) is 5.69 Å². The first kappa shape index (κ1) is 14.6. The van der Waals surface area contributed by atoms with Crippen LogP contribution in [-0.2, 0) is 11.2 Å². The van der Waals surface area contributed by atoms with Crippen LogP contribution in [0, 0.1) is 10.1 Å². The number of ether oxygens (including phenoxy) is 1. The van der Waals surface area contributed by atoms with Gasteiger partial charge in [-0.2, -0.15) is 0 Å². The number of benzene rings is 1. The summed E-state index contributed by atoms with van der Waals surface area (Å²) in [4.78, 5) is 10.0. The summed E-state index contributed by atoms with van der Waals surface area (Å²) < 4.78 is 4.80. The van der Waals surface area contributed by atoms with Crippen LogP contribution in [-0.4, -0.2) is 42.9 Å². The lowest BCUT2D eigenvalue weighted by Crippen LogP contribution is -2.31. The van der Waals surface area contributed by atoms with Gasteiger partial charge in [0.1, 0.15) is 0 Å². The predicted octanol–water partition coefficient (Wildman–Crippen LogP) is 0.734. The first-order valence-electron chi connectivity index (χ1n) is 5.74. The molecular formula is C12H18N2O4. The molecule has 6 heteroatoms. The number of nitrogens with zero attached hydrogens (tertiary/aromatic N) is 1. The zero-order valence-corrected chi connectivity index (χ0v) is 10.3. The molecule has 0 aliphatic carbocycles. The van der Waals surface area contributed by atoms with E-state index in [1.165, 1.54) is 12.1 Å². The highest BCUT2D eigenvalue weighted by atomic mass is 16.6. The van der Waals surface area contributed by atoms with Crippen LogP contribution in [0.3, 0.4) is 0 Å². The van der Waals surface area contributed by atoms with Gasteiger partial charge >= 0.3 is 0 Å². The molecule has 1 unspecified atom stereocenters. The van der Waals surface area contributed by atoms with Crippen molar-refractivity contribution in [2.24, 2.45) is 0 Å². The Morgan fingerprint density at radius 2 is 2.11 bits per heavy atom. The Balaban J connectivity index is 2.25. The predicted molar refractivity (Wildman–Crippen MR) is 67.6 cm³/mol. The summed E-state index contributed by atoms with van der Waals surface area (Å²) in [6.45, 7) is 1.49. The SMILES string of the molecule is COCC(O)CNCCc1ccc([N+](=O)[O-])cc1. The molecule has 100 valence electrons. The highest BCUT2D eigenvalue weighted by Gasteiger charge is 2.04. The lowest BCUT2D eigenvalue weighted by molar-refractivity contribution is -0.384. The number of aliphatic hydroxyl groups excluding tert-OH is 1. The molecule has 1 aromatic rings. The fourth-order valence-corrected chi connectivity index (χ4v) is 1.54.